The van der Waals surface area contributed by atoms with E-state index in [0.717, 1.165) is 28.7 Å². The number of carbonyl (C=O) groups excluding carboxylic acids is 3. The van der Waals surface area contributed by atoms with Crippen molar-refractivity contribution in [2.45, 2.75) is 44.1 Å². The molecule has 3 amide bonds. The van der Waals surface area contributed by atoms with Crippen LogP contribution in [0, 0.1) is 22.0 Å². The molecule has 1 heterocycles. The highest BCUT2D eigenvalue weighted by molar-refractivity contribution is 6.11. The molecule has 0 radical (unpaired) electrons. The summed E-state index contributed by atoms with van der Waals surface area (Å²) < 4.78 is 0. The summed E-state index contributed by atoms with van der Waals surface area (Å²) in [5.74, 6) is -2.75. The van der Waals surface area contributed by atoms with Gasteiger partial charge in [0.25, 0.3) is 5.69 Å². The molecule has 1 fully saturated rings. The first kappa shape index (κ1) is 24.0. The highest BCUT2D eigenvalue weighted by Crippen LogP contribution is 2.61. The molecule has 8 nitrogen and oxygen atoms in total. The summed E-state index contributed by atoms with van der Waals surface area (Å²) in [6, 6.07) is 20.7. The number of benzene rings is 3. The maximum Gasteiger partial charge on any atom is 0.271 e. The van der Waals surface area contributed by atoms with Crippen molar-refractivity contribution >= 4 is 29.1 Å². The van der Waals surface area contributed by atoms with Crippen molar-refractivity contribution in [1.29, 1.82) is 0 Å². The van der Waals surface area contributed by atoms with Crippen LogP contribution in [0.5, 0.6) is 0 Å². The van der Waals surface area contributed by atoms with Gasteiger partial charge in [-0.25, -0.2) is 0 Å². The van der Waals surface area contributed by atoms with Crippen molar-refractivity contribution in [3.63, 3.8) is 0 Å². The fourth-order valence-electron chi connectivity index (χ4n) is 6.71. The third-order valence-electron chi connectivity index (χ3n) is 8.25. The number of hydrogen-bond acceptors (Lipinski definition) is 5. The molecule has 7 rings (SSSR count). The Kier molecular flexibility index (Phi) is 5.82. The fourth-order valence-corrected chi connectivity index (χ4v) is 6.71. The Hall–Kier alpha value is -4.33. The molecule has 8 heteroatoms. The number of amides is 3. The zero-order chi connectivity index (χ0) is 26.6. The normalized spacial score (nSPS) is 23.4. The maximum atomic E-state index is 14.1. The van der Waals surface area contributed by atoms with Gasteiger partial charge in [0.05, 0.1) is 16.8 Å². The summed E-state index contributed by atoms with van der Waals surface area (Å²) in [4.78, 5) is 53.6. The number of nitrogens with zero attached hydrogens (tertiary/aromatic N) is 2. The zero-order valence-electron chi connectivity index (χ0n) is 20.9. The first-order valence-electron chi connectivity index (χ1n) is 13.0. The highest BCUT2D eigenvalue weighted by Gasteiger charge is 2.62. The van der Waals surface area contributed by atoms with Gasteiger partial charge in [-0.15, -0.1) is 0 Å². The summed E-state index contributed by atoms with van der Waals surface area (Å²) in [7, 11) is 0. The Labute approximate surface area is 219 Å². The maximum absolute atomic E-state index is 14.1. The van der Waals surface area contributed by atoms with Crippen LogP contribution in [0.25, 0.3) is 0 Å². The molecule has 3 aromatic carbocycles. The van der Waals surface area contributed by atoms with Crippen molar-refractivity contribution in [1.82, 2.24) is 4.90 Å². The molecule has 3 atom stereocenters. The Morgan fingerprint density at radius 3 is 1.89 bits per heavy atom. The van der Waals surface area contributed by atoms with E-state index in [1.807, 2.05) is 55.5 Å². The first-order valence-corrected chi connectivity index (χ1v) is 13.0. The van der Waals surface area contributed by atoms with Crippen LogP contribution in [0.3, 0.4) is 0 Å². The Morgan fingerprint density at radius 1 is 0.895 bits per heavy atom. The van der Waals surface area contributed by atoms with Crippen LogP contribution in [0.1, 0.15) is 60.3 Å². The number of carbonyl (C=O) groups is 3. The van der Waals surface area contributed by atoms with Crippen LogP contribution in [0.15, 0.2) is 72.8 Å². The van der Waals surface area contributed by atoms with Crippen molar-refractivity contribution in [2.24, 2.45) is 11.8 Å². The lowest BCUT2D eigenvalue weighted by atomic mass is 9.55. The van der Waals surface area contributed by atoms with E-state index in [2.05, 4.69) is 5.32 Å². The summed E-state index contributed by atoms with van der Waals surface area (Å²) in [5.41, 5.74) is 4.40. The van der Waals surface area contributed by atoms with Crippen LogP contribution in [0.2, 0.25) is 0 Å². The number of nitrogens with one attached hydrogen (secondary N) is 1. The molecule has 1 saturated heterocycles. The van der Waals surface area contributed by atoms with Crippen molar-refractivity contribution in [2.75, 3.05) is 5.32 Å². The smallest absolute Gasteiger partial charge is 0.271 e. The monoisotopic (exact) mass is 509 g/mol. The van der Waals surface area contributed by atoms with Crippen LogP contribution in [-0.4, -0.2) is 33.6 Å². The van der Waals surface area contributed by atoms with Crippen molar-refractivity contribution < 1.29 is 19.3 Å². The van der Waals surface area contributed by atoms with Crippen LogP contribution in [-0.2, 0) is 14.4 Å². The second-order valence-electron chi connectivity index (χ2n) is 10.3. The summed E-state index contributed by atoms with van der Waals surface area (Å²) in [6.07, 6.45) is 1.75. The molecule has 38 heavy (non-hydrogen) atoms. The van der Waals surface area contributed by atoms with Gasteiger partial charge in [0, 0.05) is 29.7 Å². The topological polar surface area (TPSA) is 110 Å². The lowest BCUT2D eigenvalue weighted by Crippen LogP contribution is -2.48. The Morgan fingerprint density at radius 2 is 1.42 bits per heavy atom. The van der Waals surface area contributed by atoms with E-state index in [0.29, 0.717) is 12.8 Å². The lowest BCUT2D eigenvalue weighted by Gasteiger charge is -2.45. The number of nitro groups is 1. The lowest BCUT2D eigenvalue weighted by molar-refractivity contribution is -0.384. The van der Waals surface area contributed by atoms with E-state index in [-0.39, 0.29) is 35.0 Å². The molecule has 0 aromatic heterocycles. The number of non-ortho nitro benzene ring substituents is 1. The molecule has 3 aromatic rings. The Balaban J connectivity index is 1.38. The largest absolute Gasteiger partial charge is 0.324 e. The molecule has 4 aliphatic rings. The van der Waals surface area contributed by atoms with Gasteiger partial charge in [-0.2, -0.15) is 0 Å². The SMILES string of the molecule is CCCCC(C(=O)Nc1cccc([N+](=O)[O-])c1)N1C(=O)C2C3c4ccccc4C(c4ccccc43)C2C1=O. The molecule has 0 saturated carbocycles. The first-order chi connectivity index (χ1) is 18.4. The number of likely N-dealkylation sites (tertiary alicyclic amines) is 1. The second-order valence-corrected chi connectivity index (χ2v) is 10.3. The number of imide groups is 1. The minimum absolute atomic E-state index is 0.153. The van der Waals surface area contributed by atoms with E-state index in [4.69, 9.17) is 0 Å². The molecule has 3 unspecified atom stereocenters. The minimum Gasteiger partial charge on any atom is -0.324 e. The third-order valence-corrected chi connectivity index (χ3v) is 8.25. The zero-order valence-corrected chi connectivity index (χ0v) is 20.9. The van der Waals surface area contributed by atoms with E-state index in [9.17, 15) is 24.5 Å². The summed E-state index contributed by atoms with van der Waals surface area (Å²) >= 11 is 0. The number of anilines is 1. The average molecular weight is 510 g/mol. The molecule has 1 aliphatic heterocycles. The third kappa shape index (κ3) is 3.55. The average Bonchev–Trinajstić information content (AvgIpc) is 3.19. The number of nitro benzene ring substituents is 1. The van der Waals surface area contributed by atoms with Gasteiger partial charge in [-0.1, -0.05) is 74.4 Å². The predicted octanol–water partition coefficient (Wildman–Crippen LogP) is 4.98. The number of unbranched alkanes of at least 4 members (excludes halogenated alkanes) is 1. The number of hydrogen-bond donors (Lipinski definition) is 1. The van der Waals surface area contributed by atoms with E-state index >= 15 is 0 Å². The van der Waals surface area contributed by atoms with Gasteiger partial charge >= 0.3 is 0 Å². The molecule has 3 aliphatic carbocycles. The van der Waals surface area contributed by atoms with Crippen LogP contribution in [0.4, 0.5) is 11.4 Å². The van der Waals surface area contributed by atoms with Crippen molar-refractivity contribution in [3.05, 3.63) is 105 Å². The molecule has 192 valence electrons. The van der Waals surface area contributed by atoms with Gasteiger partial charge in [0.15, 0.2) is 0 Å². The van der Waals surface area contributed by atoms with E-state index in [1.165, 1.54) is 23.1 Å². The van der Waals surface area contributed by atoms with Gasteiger partial charge in [0.2, 0.25) is 17.7 Å². The Bertz CT molecular complexity index is 1370. The fraction of sp³-hybridized carbons (Fsp3) is 0.300. The molecular formula is C30H27N3O5. The number of rotatable bonds is 7. The van der Waals surface area contributed by atoms with E-state index in [1.54, 1.807) is 6.07 Å². The molecule has 2 bridgehead atoms. The van der Waals surface area contributed by atoms with Crippen LogP contribution < -0.4 is 5.32 Å². The molecule has 1 N–H and O–H groups in total. The standard InChI is InChI=1S/C30H27N3O5/c1-2-3-15-23(28(34)31-17-9-8-10-18(16-17)33(37)38)32-29(35)26-24-19-11-4-5-12-20(19)25(27(26)30(32)36)22-14-7-6-13-21(22)24/h4-14,16,23-27H,2-3,15H2,1H3,(H,31,34). The summed E-state index contributed by atoms with van der Waals surface area (Å²) in [5, 5.41) is 13.9. The summed E-state index contributed by atoms with van der Waals surface area (Å²) in [6.45, 7) is 1.98. The van der Waals surface area contributed by atoms with Crippen LogP contribution >= 0.6 is 0 Å². The second kappa shape index (κ2) is 9.20. The van der Waals surface area contributed by atoms with Crippen molar-refractivity contribution in [3.8, 4) is 0 Å². The predicted molar refractivity (Wildman–Crippen MR) is 140 cm³/mol. The van der Waals surface area contributed by atoms with Gasteiger partial charge in [0.1, 0.15) is 6.04 Å². The van der Waals surface area contributed by atoms with E-state index < -0.39 is 28.7 Å². The minimum atomic E-state index is -0.995. The highest BCUT2D eigenvalue weighted by atomic mass is 16.6. The molecular weight excluding hydrogens is 482 g/mol. The quantitative estimate of drug-likeness (QED) is 0.274. The molecule has 0 spiro atoms. The van der Waals surface area contributed by atoms with Gasteiger partial charge in [-0.05, 0) is 34.7 Å². The van der Waals surface area contributed by atoms with Gasteiger partial charge < -0.3 is 5.32 Å². The van der Waals surface area contributed by atoms with Gasteiger partial charge in [-0.3, -0.25) is 29.4 Å².